The van der Waals surface area contributed by atoms with E-state index in [0.717, 1.165) is 11.1 Å². The molecule has 88 valence electrons. The Labute approximate surface area is 98.8 Å². The Hall–Kier alpha value is -1.24. The Morgan fingerprint density at radius 2 is 1.69 bits per heavy atom. The fourth-order valence-corrected chi connectivity index (χ4v) is 1.80. The maximum Gasteiger partial charge on any atom is 0.126 e. The summed E-state index contributed by atoms with van der Waals surface area (Å²) >= 11 is 0. The molecule has 0 saturated carbocycles. The van der Waals surface area contributed by atoms with Gasteiger partial charge in [0.2, 0.25) is 0 Å². The minimum atomic E-state index is 0.351. The van der Waals surface area contributed by atoms with Crippen LogP contribution in [0.2, 0.25) is 0 Å². The predicted molar refractivity (Wildman–Crippen MR) is 70.9 cm³/mol. The third kappa shape index (κ3) is 2.46. The highest BCUT2D eigenvalue weighted by atomic mass is 16.3. The Balaban J connectivity index is 3.47. The van der Waals surface area contributed by atoms with E-state index in [1.165, 1.54) is 16.7 Å². The van der Waals surface area contributed by atoms with Crippen molar-refractivity contribution in [3.63, 3.8) is 0 Å². The van der Waals surface area contributed by atoms with Crippen LogP contribution in [0.15, 0.2) is 17.7 Å². The van der Waals surface area contributed by atoms with E-state index < -0.39 is 0 Å². The van der Waals surface area contributed by atoms with Crippen molar-refractivity contribution in [3.8, 4) is 5.75 Å². The van der Waals surface area contributed by atoms with Crippen molar-refractivity contribution in [1.29, 1.82) is 0 Å². The van der Waals surface area contributed by atoms with Crippen molar-refractivity contribution in [3.05, 3.63) is 34.4 Å². The molecule has 1 aromatic rings. The van der Waals surface area contributed by atoms with Crippen LogP contribution in [0, 0.1) is 6.92 Å². The van der Waals surface area contributed by atoms with Crippen LogP contribution in [0.1, 0.15) is 57.2 Å². The van der Waals surface area contributed by atoms with E-state index in [1.807, 2.05) is 0 Å². The van der Waals surface area contributed by atoms with Crippen LogP contribution in [0.25, 0.3) is 5.57 Å². The third-order valence-electron chi connectivity index (χ3n) is 3.06. The molecule has 0 atom stereocenters. The zero-order valence-corrected chi connectivity index (χ0v) is 11.2. The number of aromatic hydroxyl groups is 1. The molecule has 0 aromatic heterocycles. The maximum absolute atomic E-state index is 10.3. The summed E-state index contributed by atoms with van der Waals surface area (Å²) in [5.74, 6) is 0.794. The first kappa shape index (κ1) is 12.8. The molecule has 1 heteroatoms. The zero-order chi connectivity index (χ0) is 12.5. The smallest absolute Gasteiger partial charge is 0.126 e. The second-order valence-corrected chi connectivity index (χ2v) is 5.03. The predicted octanol–water partition coefficient (Wildman–Crippen LogP) is 4.64. The topological polar surface area (TPSA) is 20.2 Å². The lowest BCUT2D eigenvalue weighted by atomic mass is 9.92. The summed E-state index contributed by atoms with van der Waals surface area (Å²) < 4.78 is 0. The van der Waals surface area contributed by atoms with Gasteiger partial charge in [-0.05, 0) is 56.4 Å². The van der Waals surface area contributed by atoms with Crippen molar-refractivity contribution in [2.24, 2.45) is 0 Å². The number of rotatable bonds is 2. The van der Waals surface area contributed by atoms with Crippen LogP contribution in [0.3, 0.4) is 0 Å². The quantitative estimate of drug-likeness (QED) is 0.766. The highest BCUT2D eigenvalue weighted by molar-refractivity contribution is 5.72. The fourth-order valence-electron chi connectivity index (χ4n) is 1.80. The van der Waals surface area contributed by atoms with E-state index in [9.17, 15) is 5.11 Å². The van der Waals surface area contributed by atoms with Crippen LogP contribution < -0.4 is 0 Å². The van der Waals surface area contributed by atoms with Gasteiger partial charge in [0.15, 0.2) is 0 Å². The van der Waals surface area contributed by atoms with Crippen molar-refractivity contribution >= 4 is 5.57 Å². The first-order valence-electron chi connectivity index (χ1n) is 5.82. The van der Waals surface area contributed by atoms with Gasteiger partial charge in [0, 0.05) is 5.56 Å². The van der Waals surface area contributed by atoms with Gasteiger partial charge in [0.05, 0.1) is 0 Å². The van der Waals surface area contributed by atoms with Gasteiger partial charge in [-0.15, -0.1) is 0 Å². The largest absolute Gasteiger partial charge is 0.507 e. The standard InChI is InChI=1S/C15H22O/c1-9(2)12(6)14-8-11(5)7-13(10(3)4)15(14)16/h7-8,10,16H,1-6H3. The van der Waals surface area contributed by atoms with Gasteiger partial charge < -0.3 is 5.11 Å². The van der Waals surface area contributed by atoms with Crippen molar-refractivity contribution in [2.75, 3.05) is 0 Å². The summed E-state index contributed by atoms with van der Waals surface area (Å²) in [5, 5.41) is 10.3. The van der Waals surface area contributed by atoms with Gasteiger partial charge in [-0.25, -0.2) is 0 Å². The van der Waals surface area contributed by atoms with Gasteiger partial charge in [-0.3, -0.25) is 0 Å². The molecule has 0 heterocycles. The van der Waals surface area contributed by atoms with Crippen LogP contribution in [0.5, 0.6) is 5.75 Å². The number of hydrogen-bond donors (Lipinski definition) is 1. The summed E-state index contributed by atoms with van der Waals surface area (Å²) in [6, 6.07) is 4.13. The van der Waals surface area contributed by atoms with Crippen molar-refractivity contribution in [1.82, 2.24) is 0 Å². The SMILES string of the molecule is CC(C)=C(C)c1cc(C)cc(C(C)C)c1O. The van der Waals surface area contributed by atoms with E-state index in [1.54, 1.807) is 0 Å². The maximum atomic E-state index is 10.3. The molecule has 0 aliphatic rings. The lowest BCUT2D eigenvalue weighted by Gasteiger charge is -2.15. The summed E-state index contributed by atoms with van der Waals surface area (Å²) in [6.07, 6.45) is 0. The summed E-state index contributed by atoms with van der Waals surface area (Å²) in [5.41, 5.74) is 5.63. The number of hydrogen-bond acceptors (Lipinski definition) is 1. The molecule has 0 spiro atoms. The highest BCUT2D eigenvalue weighted by Crippen LogP contribution is 2.35. The Bertz CT molecular complexity index is 421. The van der Waals surface area contributed by atoms with E-state index in [0.29, 0.717) is 11.7 Å². The molecular weight excluding hydrogens is 196 g/mol. The normalized spacial score (nSPS) is 10.7. The van der Waals surface area contributed by atoms with Gasteiger partial charge in [0.1, 0.15) is 5.75 Å². The molecule has 0 saturated heterocycles. The second-order valence-electron chi connectivity index (χ2n) is 5.03. The molecule has 16 heavy (non-hydrogen) atoms. The lowest BCUT2D eigenvalue weighted by molar-refractivity contribution is 0.463. The minimum absolute atomic E-state index is 0.351. The van der Waals surface area contributed by atoms with Gasteiger partial charge in [0.25, 0.3) is 0 Å². The fraction of sp³-hybridized carbons (Fsp3) is 0.467. The third-order valence-corrected chi connectivity index (χ3v) is 3.06. The van der Waals surface area contributed by atoms with Gasteiger partial charge in [-0.1, -0.05) is 25.5 Å². The van der Waals surface area contributed by atoms with Gasteiger partial charge in [-0.2, -0.15) is 0 Å². The van der Waals surface area contributed by atoms with Crippen LogP contribution in [0.4, 0.5) is 0 Å². The number of phenolic OH excluding ortho intramolecular Hbond substituents is 1. The average molecular weight is 218 g/mol. The molecule has 0 amide bonds. The van der Waals surface area contributed by atoms with E-state index in [2.05, 4.69) is 53.7 Å². The first-order valence-corrected chi connectivity index (χ1v) is 5.82. The van der Waals surface area contributed by atoms with E-state index >= 15 is 0 Å². The molecule has 0 fully saturated rings. The molecule has 0 bridgehead atoms. The number of aryl methyl sites for hydroxylation is 1. The highest BCUT2D eigenvalue weighted by Gasteiger charge is 2.13. The average Bonchev–Trinajstić information content (AvgIpc) is 2.19. The number of benzene rings is 1. The van der Waals surface area contributed by atoms with Crippen molar-refractivity contribution in [2.45, 2.75) is 47.5 Å². The number of allylic oxidation sites excluding steroid dienone is 2. The number of phenols is 1. The van der Waals surface area contributed by atoms with E-state index in [4.69, 9.17) is 0 Å². The molecule has 1 N–H and O–H groups in total. The molecule has 0 unspecified atom stereocenters. The van der Waals surface area contributed by atoms with Crippen LogP contribution in [-0.4, -0.2) is 5.11 Å². The minimum Gasteiger partial charge on any atom is -0.507 e. The Morgan fingerprint density at radius 3 is 2.12 bits per heavy atom. The monoisotopic (exact) mass is 218 g/mol. The molecular formula is C15H22O. The first-order chi connectivity index (χ1) is 7.34. The van der Waals surface area contributed by atoms with Gasteiger partial charge >= 0.3 is 0 Å². The Morgan fingerprint density at radius 1 is 1.12 bits per heavy atom. The molecule has 0 aliphatic carbocycles. The summed E-state index contributed by atoms with van der Waals surface area (Å²) in [4.78, 5) is 0. The summed E-state index contributed by atoms with van der Waals surface area (Å²) in [7, 11) is 0. The lowest BCUT2D eigenvalue weighted by Crippen LogP contribution is -1.94. The van der Waals surface area contributed by atoms with Crippen molar-refractivity contribution < 1.29 is 5.11 Å². The molecule has 1 aromatic carbocycles. The Kier molecular flexibility index (Phi) is 3.79. The summed E-state index contributed by atoms with van der Waals surface area (Å²) in [6.45, 7) is 12.5. The second kappa shape index (κ2) is 4.73. The van der Waals surface area contributed by atoms with Crippen LogP contribution in [-0.2, 0) is 0 Å². The van der Waals surface area contributed by atoms with Crippen LogP contribution >= 0.6 is 0 Å². The molecule has 1 nitrogen and oxygen atoms in total. The zero-order valence-electron chi connectivity index (χ0n) is 11.2. The molecule has 0 aliphatic heterocycles. The molecule has 0 radical (unpaired) electrons. The molecule has 1 rings (SSSR count). The van der Waals surface area contributed by atoms with E-state index in [-0.39, 0.29) is 0 Å².